The Labute approximate surface area is 95.3 Å². The lowest BCUT2D eigenvalue weighted by Crippen LogP contribution is -2.30. The van der Waals surface area contributed by atoms with Crippen LogP contribution < -0.4 is 16.1 Å². The molecule has 0 aromatic carbocycles. The number of nitrogens with one attached hydrogen (secondary N) is 1. The molecule has 6 nitrogen and oxygen atoms in total. The zero-order chi connectivity index (χ0) is 11.9. The fourth-order valence-electron chi connectivity index (χ4n) is 1.58. The number of rotatable bonds is 2. The van der Waals surface area contributed by atoms with Gasteiger partial charge in [-0.05, 0) is 18.5 Å². The molecule has 2 rings (SSSR count). The smallest absolute Gasteiger partial charge is 0.330 e. The third-order valence-corrected chi connectivity index (χ3v) is 3.33. The molecule has 1 N–H and O–H groups in total. The van der Waals surface area contributed by atoms with Gasteiger partial charge in [-0.3, -0.25) is 14.3 Å². The quantitative estimate of drug-likeness (QED) is 0.816. The predicted octanol–water partition coefficient (Wildman–Crippen LogP) is 0.232. The third-order valence-electron chi connectivity index (χ3n) is 2.33. The SMILES string of the molecule is CCn1c(=O)[nH]c(=O)c2c(N(C)C)snc21. The van der Waals surface area contributed by atoms with Crippen molar-refractivity contribution in [1.82, 2.24) is 13.9 Å². The number of fused-ring (bicyclic) bond motifs is 1. The fraction of sp³-hybridized carbons (Fsp3) is 0.444. The van der Waals surface area contributed by atoms with E-state index in [1.54, 1.807) is 0 Å². The van der Waals surface area contributed by atoms with Crippen LogP contribution in [-0.2, 0) is 6.54 Å². The van der Waals surface area contributed by atoms with Crippen LogP contribution in [0.3, 0.4) is 0 Å². The summed E-state index contributed by atoms with van der Waals surface area (Å²) in [7, 11) is 3.68. The molecule has 0 saturated heterocycles. The van der Waals surface area contributed by atoms with Crippen molar-refractivity contribution in [2.75, 3.05) is 19.0 Å². The number of aryl methyl sites for hydroxylation is 1. The van der Waals surface area contributed by atoms with Crippen LogP contribution in [0.4, 0.5) is 5.00 Å². The lowest BCUT2D eigenvalue weighted by molar-refractivity contribution is 0.721. The fourth-order valence-corrected chi connectivity index (χ4v) is 2.38. The zero-order valence-electron chi connectivity index (χ0n) is 9.27. The first-order valence-electron chi connectivity index (χ1n) is 4.86. The van der Waals surface area contributed by atoms with Crippen molar-refractivity contribution in [2.24, 2.45) is 0 Å². The first-order valence-corrected chi connectivity index (χ1v) is 5.63. The molecule has 0 saturated carbocycles. The van der Waals surface area contributed by atoms with Crippen molar-refractivity contribution in [2.45, 2.75) is 13.5 Å². The lowest BCUT2D eigenvalue weighted by atomic mass is 10.4. The molecule has 0 radical (unpaired) electrons. The minimum absolute atomic E-state index is 0.373. The van der Waals surface area contributed by atoms with E-state index >= 15 is 0 Å². The first kappa shape index (κ1) is 10.9. The van der Waals surface area contributed by atoms with Gasteiger partial charge in [-0.25, -0.2) is 4.79 Å². The molecule has 0 aliphatic rings. The highest BCUT2D eigenvalue weighted by atomic mass is 32.1. The Kier molecular flexibility index (Phi) is 2.55. The Bertz CT molecular complexity index is 637. The molecule has 0 atom stereocenters. The molecule has 2 heterocycles. The van der Waals surface area contributed by atoms with E-state index in [0.29, 0.717) is 17.6 Å². The van der Waals surface area contributed by atoms with Gasteiger partial charge in [0.05, 0.1) is 0 Å². The van der Waals surface area contributed by atoms with Crippen LogP contribution in [-0.4, -0.2) is 28.0 Å². The van der Waals surface area contributed by atoms with Crippen molar-refractivity contribution in [1.29, 1.82) is 0 Å². The second-order valence-corrected chi connectivity index (χ2v) is 4.34. The highest BCUT2D eigenvalue weighted by molar-refractivity contribution is 7.11. The number of hydrogen-bond acceptors (Lipinski definition) is 5. The maximum Gasteiger partial charge on any atom is 0.330 e. The van der Waals surface area contributed by atoms with Gasteiger partial charge in [-0.2, -0.15) is 4.37 Å². The molecule has 0 unspecified atom stereocenters. The van der Waals surface area contributed by atoms with Crippen molar-refractivity contribution in [3.63, 3.8) is 0 Å². The maximum absolute atomic E-state index is 11.7. The van der Waals surface area contributed by atoms with E-state index in [4.69, 9.17) is 0 Å². The number of aromatic amines is 1. The van der Waals surface area contributed by atoms with Gasteiger partial charge >= 0.3 is 5.69 Å². The summed E-state index contributed by atoms with van der Waals surface area (Å²) in [4.78, 5) is 27.4. The number of anilines is 1. The highest BCUT2D eigenvalue weighted by Crippen LogP contribution is 2.25. The summed E-state index contributed by atoms with van der Waals surface area (Å²) < 4.78 is 5.63. The molecule has 2 aromatic heterocycles. The Morgan fingerprint density at radius 2 is 2.12 bits per heavy atom. The van der Waals surface area contributed by atoms with Gasteiger partial charge in [0.2, 0.25) is 0 Å². The number of aromatic nitrogens is 3. The molecular formula is C9H12N4O2S. The molecule has 86 valence electrons. The topological polar surface area (TPSA) is 71.0 Å². The molecule has 0 amide bonds. The van der Waals surface area contributed by atoms with Crippen LogP contribution >= 0.6 is 11.5 Å². The summed E-state index contributed by atoms with van der Waals surface area (Å²) in [5.41, 5.74) is -0.317. The van der Waals surface area contributed by atoms with Crippen molar-refractivity contribution in [3.8, 4) is 0 Å². The molecule has 0 aliphatic carbocycles. The van der Waals surface area contributed by atoms with Crippen molar-refractivity contribution in [3.05, 3.63) is 20.8 Å². The molecule has 16 heavy (non-hydrogen) atoms. The van der Waals surface area contributed by atoms with Crippen LogP contribution in [0, 0.1) is 0 Å². The van der Waals surface area contributed by atoms with Crippen LogP contribution in [0.2, 0.25) is 0 Å². The van der Waals surface area contributed by atoms with Crippen LogP contribution in [0.15, 0.2) is 9.59 Å². The van der Waals surface area contributed by atoms with Gasteiger partial charge in [0.15, 0.2) is 5.65 Å². The predicted molar refractivity (Wildman–Crippen MR) is 64.5 cm³/mol. The van der Waals surface area contributed by atoms with Gasteiger partial charge in [0.25, 0.3) is 5.56 Å². The molecule has 0 aliphatic heterocycles. The standard InChI is InChI=1S/C9H12N4O2S/c1-4-13-6-5(7(14)10-9(13)15)8(12(2)3)16-11-6/h4H2,1-3H3,(H,10,14,15). The summed E-state index contributed by atoms with van der Waals surface area (Å²) in [6, 6.07) is 0. The van der Waals surface area contributed by atoms with Gasteiger partial charge in [-0.1, -0.05) is 0 Å². The lowest BCUT2D eigenvalue weighted by Gasteiger charge is -2.08. The average Bonchev–Trinajstić information content (AvgIpc) is 2.62. The van der Waals surface area contributed by atoms with E-state index in [-0.39, 0.29) is 5.56 Å². The van der Waals surface area contributed by atoms with Crippen LogP contribution in [0.1, 0.15) is 6.92 Å². The van der Waals surface area contributed by atoms with Crippen molar-refractivity contribution < 1.29 is 0 Å². The summed E-state index contributed by atoms with van der Waals surface area (Å²) in [6.07, 6.45) is 0. The van der Waals surface area contributed by atoms with E-state index in [2.05, 4.69) is 9.36 Å². The zero-order valence-corrected chi connectivity index (χ0v) is 10.1. The first-order chi connectivity index (χ1) is 7.56. The molecule has 0 spiro atoms. The molecule has 2 aromatic rings. The normalized spacial score (nSPS) is 10.9. The van der Waals surface area contributed by atoms with E-state index in [1.165, 1.54) is 16.1 Å². The maximum atomic E-state index is 11.7. The number of H-pyrrole nitrogens is 1. The molecule has 0 fully saturated rings. The Morgan fingerprint density at radius 3 is 2.69 bits per heavy atom. The van der Waals surface area contributed by atoms with Gasteiger partial charge in [0.1, 0.15) is 10.4 Å². The Morgan fingerprint density at radius 1 is 1.44 bits per heavy atom. The third kappa shape index (κ3) is 1.44. The largest absolute Gasteiger partial charge is 0.368 e. The minimum Gasteiger partial charge on any atom is -0.368 e. The van der Waals surface area contributed by atoms with Crippen LogP contribution in [0.5, 0.6) is 0 Å². The van der Waals surface area contributed by atoms with Gasteiger partial charge < -0.3 is 4.90 Å². The van der Waals surface area contributed by atoms with Crippen molar-refractivity contribution >= 4 is 27.6 Å². The summed E-state index contributed by atoms with van der Waals surface area (Å²) >= 11 is 1.22. The number of hydrogen-bond donors (Lipinski definition) is 1. The highest BCUT2D eigenvalue weighted by Gasteiger charge is 2.15. The molecule has 0 bridgehead atoms. The van der Waals surface area contributed by atoms with E-state index in [1.807, 2.05) is 25.9 Å². The van der Waals surface area contributed by atoms with Crippen LogP contribution in [0.25, 0.3) is 11.0 Å². The van der Waals surface area contributed by atoms with Gasteiger partial charge in [0, 0.05) is 20.6 Å². The average molecular weight is 240 g/mol. The van der Waals surface area contributed by atoms with Gasteiger partial charge in [-0.15, -0.1) is 0 Å². The Hall–Kier alpha value is -1.63. The van der Waals surface area contributed by atoms with E-state index < -0.39 is 5.69 Å². The Balaban J connectivity index is 2.96. The molecular weight excluding hydrogens is 228 g/mol. The summed E-state index contributed by atoms with van der Waals surface area (Å²) in [6.45, 7) is 2.33. The number of nitrogens with zero attached hydrogens (tertiary/aromatic N) is 3. The second kappa shape index (κ2) is 3.75. The van der Waals surface area contributed by atoms with E-state index in [9.17, 15) is 9.59 Å². The second-order valence-electron chi connectivity index (χ2n) is 3.58. The molecule has 7 heteroatoms. The minimum atomic E-state index is -0.407. The monoisotopic (exact) mass is 240 g/mol. The summed E-state index contributed by atoms with van der Waals surface area (Å²) in [5, 5.41) is 1.25. The van der Waals surface area contributed by atoms with E-state index in [0.717, 1.165) is 5.00 Å². The summed E-state index contributed by atoms with van der Waals surface area (Å²) in [5.74, 6) is 0.